The van der Waals surface area contributed by atoms with E-state index in [1.54, 1.807) is 0 Å². The summed E-state index contributed by atoms with van der Waals surface area (Å²) in [5.74, 6) is 0. The van der Waals surface area contributed by atoms with Gasteiger partial charge >= 0.3 is 0 Å². The molecule has 1 N–H and O–H groups in total. The van der Waals surface area contributed by atoms with Crippen molar-refractivity contribution in [2.75, 3.05) is 26.4 Å². The second kappa shape index (κ2) is 7.63. The van der Waals surface area contributed by atoms with Crippen molar-refractivity contribution < 1.29 is 9.47 Å². The summed E-state index contributed by atoms with van der Waals surface area (Å²) in [5.41, 5.74) is 2.63. The van der Waals surface area contributed by atoms with Crippen LogP contribution in [-0.2, 0) is 9.47 Å². The zero-order valence-electron chi connectivity index (χ0n) is 12.0. The summed E-state index contributed by atoms with van der Waals surface area (Å²) in [6, 6.07) is 9.04. The van der Waals surface area contributed by atoms with Crippen molar-refractivity contribution in [2.24, 2.45) is 0 Å². The maximum atomic E-state index is 5.64. The van der Waals surface area contributed by atoms with Gasteiger partial charge in [-0.3, -0.25) is 0 Å². The molecule has 1 saturated heterocycles. The highest BCUT2D eigenvalue weighted by Gasteiger charge is 2.15. The maximum Gasteiger partial charge on any atom is 0.0809 e. The summed E-state index contributed by atoms with van der Waals surface area (Å²) in [6.45, 7) is 7.56. The lowest BCUT2D eigenvalue weighted by atomic mass is 10.1. The molecule has 1 heterocycles. The van der Waals surface area contributed by atoms with Gasteiger partial charge in [-0.2, -0.15) is 0 Å². The first-order valence-electron chi connectivity index (χ1n) is 7.25. The van der Waals surface area contributed by atoms with E-state index in [1.807, 2.05) is 0 Å². The van der Waals surface area contributed by atoms with Crippen molar-refractivity contribution in [3.05, 3.63) is 35.4 Å². The van der Waals surface area contributed by atoms with Crippen molar-refractivity contribution >= 4 is 0 Å². The molecule has 2 atom stereocenters. The highest BCUT2D eigenvalue weighted by molar-refractivity contribution is 5.23. The summed E-state index contributed by atoms with van der Waals surface area (Å²) in [7, 11) is 0. The Morgan fingerprint density at radius 3 is 2.84 bits per heavy atom. The SMILES string of the molecule is Cc1ccc([C@H](C)NCCOC[C@@H]2CCCO2)cc1. The van der Waals surface area contributed by atoms with Gasteiger partial charge in [0, 0.05) is 19.2 Å². The zero-order valence-corrected chi connectivity index (χ0v) is 12.0. The first-order valence-corrected chi connectivity index (χ1v) is 7.25. The highest BCUT2D eigenvalue weighted by atomic mass is 16.5. The number of ether oxygens (including phenoxy) is 2. The van der Waals surface area contributed by atoms with Gasteiger partial charge in [0.25, 0.3) is 0 Å². The number of rotatable bonds is 7. The fraction of sp³-hybridized carbons (Fsp3) is 0.625. The molecule has 1 aromatic carbocycles. The van der Waals surface area contributed by atoms with Gasteiger partial charge in [0.15, 0.2) is 0 Å². The van der Waals surface area contributed by atoms with Crippen LogP contribution in [0.5, 0.6) is 0 Å². The molecule has 2 rings (SSSR count). The molecule has 106 valence electrons. The number of hydrogen-bond donors (Lipinski definition) is 1. The zero-order chi connectivity index (χ0) is 13.5. The Bertz CT molecular complexity index is 358. The van der Waals surface area contributed by atoms with Crippen molar-refractivity contribution in [2.45, 2.75) is 38.8 Å². The normalized spacial score (nSPS) is 20.6. The van der Waals surface area contributed by atoms with E-state index in [0.717, 1.165) is 32.8 Å². The van der Waals surface area contributed by atoms with Crippen LogP contribution >= 0.6 is 0 Å². The second-order valence-electron chi connectivity index (χ2n) is 5.30. The van der Waals surface area contributed by atoms with Crippen LogP contribution in [0.2, 0.25) is 0 Å². The van der Waals surface area contributed by atoms with Gasteiger partial charge in [-0.25, -0.2) is 0 Å². The fourth-order valence-corrected chi connectivity index (χ4v) is 2.31. The molecule has 1 fully saturated rings. The number of aryl methyl sites for hydroxylation is 1. The summed E-state index contributed by atoms with van der Waals surface area (Å²) < 4.78 is 11.2. The summed E-state index contributed by atoms with van der Waals surface area (Å²) in [6.07, 6.45) is 2.65. The lowest BCUT2D eigenvalue weighted by Crippen LogP contribution is -2.25. The Labute approximate surface area is 116 Å². The molecular formula is C16H25NO2. The quantitative estimate of drug-likeness (QED) is 0.767. The molecule has 19 heavy (non-hydrogen) atoms. The van der Waals surface area contributed by atoms with Crippen LogP contribution in [0.4, 0.5) is 0 Å². The molecule has 0 amide bonds. The van der Waals surface area contributed by atoms with Crippen LogP contribution < -0.4 is 5.32 Å². The lowest BCUT2D eigenvalue weighted by molar-refractivity contribution is 0.0179. The first kappa shape index (κ1) is 14.5. The van der Waals surface area contributed by atoms with Crippen LogP contribution in [0.3, 0.4) is 0 Å². The molecule has 1 aliphatic heterocycles. The molecule has 0 spiro atoms. The Balaban J connectivity index is 1.58. The van der Waals surface area contributed by atoms with Gasteiger partial charge in [-0.15, -0.1) is 0 Å². The largest absolute Gasteiger partial charge is 0.377 e. The average Bonchev–Trinajstić information content (AvgIpc) is 2.92. The molecule has 0 unspecified atom stereocenters. The van der Waals surface area contributed by atoms with E-state index >= 15 is 0 Å². The fourth-order valence-electron chi connectivity index (χ4n) is 2.31. The third-order valence-electron chi connectivity index (χ3n) is 3.60. The Kier molecular flexibility index (Phi) is 5.83. The number of hydrogen-bond acceptors (Lipinski definition) is 3. The average molecular weight is 263 g/mol. The van der Waals surface area contributed by atoms with Gasteiger partial charge in [-0.05, 0) is 32.3 Å². The smallest absolute Gasteiger partial charge is 0.0809 e. The van der Waals surface area contributed by atoms with Gasteiger partial charge in [0.05, 0.1) is 19.3 Å². The van der Waals surface area contributed by atoms with Crippen LogP contribution in [0.25, 0.3) is 0 Å². The Hall–Kier alpha value is -0.900. The maximum absolute atomic E-state index is 5.64. The van der Waals surface area contributed by atoms with Crippen LogP contribution in [0.1, 0.15) is 36.9 Å². The van der Waals surface area contributed by atoms with Gasteiger partial charge in [-0.1, -0.05) is 29.8 Å². The van der Waals surface area contributed by atoms with E-state index in [0.29, 0.717) is 12.1 Å². The summed E-state index contributed by atoms with van der Waals surface area (Å²) in [5, 5.41) is 3.48. The highest BCUT2D eigenvalue weighted by Crippen LogP contribution is 2.13. The van der Waals surface area contributed by atoms with E-state index in [2.05, 4.69) is 43.4 Å². The molecular weight excluding hydrogens is 238 g/mol. The van der Waals surface area contributed by atoms with Crippen molar-refractivity contribution in [3.63, 3.8) is 0 Å². The molecule has 3 nitrogen and oxygen atoms in total. The molecule has 1 aromatic rings. The predicted molar refractivity (Wildman–Crippen MR) is 77.4 cm³/mol. The van der Waals surface area contributed by atoms with E-state index in [9.17, 15) is 0 Å². The van der Waals surface area contributed by atoms with E-state index < -0.39 is 0 Å². The minimum absolute atomic E-state index is 0.328. The number of nitrogens with one attached hydrogen (secondary N) is 1. The monoisotopic (exact) mass is 263 g/mol. The molecule has 0 radical (unpaired) electrons. The third-order valence-corrected chi connectivity index (χ3v) is 3.60. The molecule has 0 saturated carbocycles. The van der Waals surface area contributed by atoms with Gasteiger partial charge in [0.1, 0.15) is 0 Å². The Morgan fingerprint density at radius 1 is 1.37 bits per heavy atom. The van der Waals surface area contributed by atoms with E-state index in [-0.39, 0.29) is 0 Å². The van der Waals surface area contributed by atoms with Crippen LogP contribution in [0.15, 0.2) is 24.3 Å². The van der Waals surface area contributed by atoms with Crippen LogP contribution in [0, 0.1) is 6.92 Å². The van der Waals surface area contributed by atoms with Crippen molar-refractivity contribution in [1.82, 2.24) is 5.32 Å². The topological polar surface area (TPSA) is 30.5 Å². The van der Waals surface area contributed by atoms with Crippen LogP contribution in [-0.4, -0.2) is 32.5 Å². The Morgan fingerprint density at radius 2 is 2.16 bits per heavy atom. The third kappa shape index (κ3) is 4.94. The summed E-state index contributed by atoms with van der Waals surface area (Å²) in [4.78, 5) is 0. The predicted octanol–water partition coefficient (Wildman–Crippen LogP) is 2.84. The van der Waals surface area contributed by atoms with Crippen molar-refractivity contribution in [1.29, 1.82) is 0 Å². The molecule has 1 aliphatic rings. The molecule has 0 aliphatic carbocycles. The second-order valence-corrected chi connectivity index (χ2v) is 5.30. The van der Waals surface area contributed by atoms with E-state index in [1.165, 1.54) is 17.5 Å². The van der Waals surface area contributed by atoms with Gasteiger partial charge in [0.2, 0.25) is 0 Å². The molecule has 3 heteroatoms. The lowest BCUT2D eigenvalue weighted by Gasteiger charge is -2.15. The molecule has 0 bridgehead atoms. The molecule has 0 aromatic heterocycles. The standard InChI is InChI=1S/C16H25NO2/c1-13-5-7-15(8-6-13)14(2)17-9-11-18-12-16-4-3-10-19-16/h5-8,14,16-17H,3-4,9-12H2,1-2H3/t14-,16-/m0/s1. The first-order chi connectivity index (χ1) is 9.25. The van der Waals surface area contributed by atoms with Gasteiger partial charge < -0.3 is 14.8 Å². The van der Waals surface area contributed by atoms with E-state index in [4.69, 9.17) is 9.47 Å². The van der Waals surface area contributed by atoms with Crippen molar-refractivity contribution in [3.8, 4) is 0 Å². The number of benzene rings is 1. The minimum Gasteiger partial charge on any atom is -0.377 e. The summed E-state index contributed by atoms with van der Waals surface area (Å²) >= 11 is 0. The minimum atomic E-state index is 0.328.